The third kappa shape index (κ3) is 1.80. The van der Waals surface area contributed by atoms with Gasteiger partial charge in [-0.3, -0.25) is 0 Å². The van der Waals surface area contributed by atoms with Crippen LogP contribution < -0.4 is 17.1 Å². The summed E-state index contributed by atoms with van der Waals surface area (Å²) in [6.07, 6.45) is 0.671. The van der Waals surface area contributed by atoms with Gasteiger partial charge in [0.2, 0.25) is 0 Å². The maximum atomic E-state index is 11.5. The first kappa shape index (κ1) is 11.2. The van der Waals surface area contributed by atoms with Crippen LogP contribution in [0.15, 0.2) is 14.4 Å². The van der Waals surface area contributed by atoms with Gasteiger partial charge in [0, 0.05) is 27.1 Å². The molecule has 0 saturated carbocycles. The van der Waals surface area contributed by atoms with Gasteiger partial charge in [0.25, 0.3) is 0 Å². The van der Waals surface area contributed by atoms with Gasteiger partial charge >= 0.3 is 17.1 Å². The molecule has 15 heavy (non-hydrogen) atoms. The first-order valence-electron chi connectivity index (χ1n) is 4.31. The van der Waals surface area contributed by atoms with Crippen LogP contribution in [0.5, 0.6) is 0 Å². The molecule has 0 bridgehead atoms. The van der Waals surface area contributed by atoms with E-state index < -0.39 is 17.1 Å². The van der Waals surface area contributed by atoms with E-state index in [1.54, 1.807) is 0 Å². The Labute approximate surface area is 84.2 Å². The number of carbonyl (C=O) groups excluding carboxylic acids is 1. The number of aldehydes is 1. The van der Waals surface area contributed by atoms with Gasteiger partial charge in [-0.25, -0.2) is 28.1 Å². The van der Waals surface area contributed by atoms with Crippen molar-refractivity contribution >= 4 is 6.29 Å². The molecular formula is C8H11N3O4. The summed E-state index contributed by atoms with van der Waals surface area (Å²) in [4.78, 5) is 44.4. The lowest BCUT2D eigenvalue weighted by molar-refractivity contribution is -0.108. The van der Waals surface area contributed by atoms with Crippen molar-refractivity contribution in [3.63, 3.8) is 0 Å². The van der Waals surface area contributed by atoms with Gasteiger partial charge in [0.05, 0.1) is 0 Å². The fraction of sp³-hybridized carbons (Fsp3) is 0.500. The Bertz CT molecular complexity index is 508. The predicted octanol–water partition coefficient (Wildman–Crippen LogP) is -2.17. The number of rotatable bonds is 3. The molecule has 0 saturated heterocycles. The molecule has 0 unspecified atom stereocenters. The minimum Gasteiger partial charge on any atom is -0.303 e. The molecule has 0 N–H and O–H groups in total. The highest BCUT2D eigenvalue weighted by molar-refractivity contribution is 5.48. The van der Waals surface area contributed by atoms with Crippen LogP contribution in [-0.4, -0.2) is 20.0 Å². The van der Waals surface area contributed by atoms with Crippen molar-refractivity contribution in [1.29, 1.82) is 0 Å². The molecule has 0 aliphatic rings. The molecule has 0 atom stereocenters. The molecule has 82 valence electrons. The third-order valence-corrected chi connectivity index (χ3v) is 2.08. The summed E-state index contributed by atoms with van der Waals surface area (Å²) >= 11 is 0. The predicted molar refractivity (Wildman–Crippen MR) is 51.9 cm³/mol. The van der Waals surface area contributed by atoms with E-state index in [1.807, 2.05) is 0 Å². The fourth-order valence-corrected chi connectivity index (χ4v) is 1.21. The molecule has 0 aromatic carbocycles. The molecule has 1 heterocycles. The lowest BCUT2D eigenvalue weighted by atomic mass is 10.5. The Morgan fingerprint density at radius 2 is 1.47 bits per heavy atom. The minimum atomic E-state index is -0.704. The van der Waals surface area contributed by atoms with E-state index in [9.17, 15) is 19.2 Å². The van der Waals surface area contributed by atoms with Crippen LogP contribution in [0, 0.1) is 0 Å². The largest absolute Gasteiger partial charge is 0.336 e. The Morgan fingerprint density at radius 1 is 1.00 bits per heavy atom. The molecule has 7 nitrogen and oxygen atoms in total. The zero-order valence-corrected chi connectivity index (χ0v) is 8.47. The third-order valence-electron chi connectivity index (χ3n) is 2.08. The summed E-state index contributed by atoms with van der Waals surface area (Å²) in [6, 6.07) is 0. The molecule has 1 rings (SSSR count). The van der Waals surface area contributed by atoms with Crippen LogP contribution in [0.25, 0.3) is 0 Å². The van der Waals surface area contributed by atoms with Crippen LogP contribution >= 0.6 is 0 Å². The van der Waals surface area contributed by atoms with E-state index in [0.717, 1.165) is 13.7 Å². The first-order valence-corrected chi connectivity index (χ1v) is 4.31. The molecule has 1 aromatic rings. The van der Waals surface area contributed by atoms with Crippen molar-refractivity contribution in [2.75, 3.05) is 0 Å². The van der Waals surface area contributed by atoms with Crippen LogP contribution in [0.4, 0.5) is 0 Å². The van der Waals surface area contributed by atoms with Gasteiger partial charge < -0.3 is 4.79 Å². The zero-order valence-electron chi connectivity index (χ0n) is 8.47. The monoisotopic (exact) mass is 213 g/mol. The van der Waals surface area contributed by atoms with Crippen LogP contribution in [-0.2, 0) is 25.4 Å². The molecule has 0 fully saturated rings. The van der Waals surface area contributed by atoms with Crippen molar-refractivity contribution < 1.29 is 4.79 Å². The summed E-state index contributed by atoms with van der Waals surface area (Å²) in [5, 5.41) is 0. The van der Waals surface area contributed by atoms with Crippen molar-refractivity contribution in [3.05, 3.63) is 31.5 Å². The van der Waals surface area contributed by atoms with E-state index in [2.05, 4.69) is 0 Å². The van der Waals surface area contributed by atoms with Crippen molar-refractivity contribution in [2.24, 2.45) is 14.1 Å². The summed E-state index contributed by atoms with van der Waals surface area (Å²) in [5.74, 6) is 0. The normalized spacial score (nSPS) is 10.3. The summed E-state index contributed by atoms with van der Waals surface area (Å²) in [5.41, 5.74) is -2.08. The Kier molecular flexibility index (Phi) is 3.03. The molecule has 0 amide bonds. The second-order valence-corrected chi connectivity index (χ2v) is 3.07. The highest BCUT2D eigenvalue weighted by atomic mass is 16.2. The van der Waals surface area contributed by atoms with Gasteiger partial charge in [-0.15, -0.1) is 0 Å². The second-order valence-electron chi connectivity index (χ2n) is 3.07. The highest BCUT2D eigenvalue weighted by Crippen LogP contribution is 1.75. The van der Waals surface area contributed by atoms with Crippen LogP contribution in [0.1, 0.15) is 6.42 Å². The van der Waals surface area contributed by atoms with Gasteiger partial charge in [0.1, 0.15) is 6.29 Å². The Balaban J connectivity index is 3.53. The van der Waals surface area contributed by atoms with E-state index in [1.165, 1.54) is 14.1 Å². The summed E-state index contributed by atoms with van der Waals surface area (Å²) in [7, 11) is 2.56. The maximum absolute atomic E-state index is 11.5. The smallest absolute Gasteiger partial charge is 0.303 e. The van der Waals surface area contributed by atoms with E-state index in [0.29, 0.717) is 6.29 Å². The van der Waals surface area contributed by atoms with Gasteiger partial charge in [-0.05, 0) is 0 Å². The number of nitrogens with zero attached hydrogens (tertiary/aromatic N) is 3. The number of aromatic nitrogens is 3. The number of hydrogen-bond acceptors (Lipinski definition) is 4. The minimum absolute atomic E-state index is 0.0108. The van der Waals surface area contributed by atoms with Crippen LogP contribution in [0.3, 0.4) is 0 Å². The van der Waals surface area contributed by atoms with Gasteiger partial charge in [-0.1, -0.05) is 0 Å². The van der Waals surface area contributed by atoms with E-state index >= 15 is 0 Å². The molecule has 0 radical (unpaired) electrons. The Hall–Kier alpha value is -1.92. The van der Waals surface area contributed by atoms with Crippen molar-refractivity contribution in [1.82, 2.24) is 13.7 Å². The quantitative estimate of drug-likeness (QED) is 0.535. The molecule has 0 aliphatic heterocycles. The summed E-state index contributed by atoms with van der Waals surface area (Å²) < 4.78 is 2.51. The Morgan fingerprint density at radius 3 is 1.87 bits per heavy atom. The molecule has 1 aromatic heterocycles. The molecule has 0 spiro atoms. The van der Waals surface area contributed by atoms with Crippen molar-refractivity contribution in [2.45, 2.75) is 13.0 Å². The zero-order chi connectivity index (χ0) is 11.6. The standard InChI is InChI=1S/C8H11N3O4/c1-9-6(13)10(2)8(15)11(7(9)14)4-3-5-12/h5H,3-4H2,1-2H3. The lowest BCUT2D eigenvalue weighted by Crippen LogP contribution is -2.52. The molecular weight excluding hydrogens is 202 g/mol. The van der Waals surface area contributed by atoms with Crippen molar-refractivity contribution in [3.8, 4) is 0 Å². The van der Waals surface area contributed by atoms with Gasteiger partial charge in [-0.2, -0.15) is 0 Å². The first-order chi connectivity index (χ1) is 7.00. The average molecular weight is 213 g/mol. The number of hydrogen-bond donors (Lipinski definition) is 0. The fourth-order valence-electron chi connectivity index (χ4n) is 1.21. The maximum Gasteiger partial charge on any atom is 0.336 e. The second kappa shape index (κ2) is 4.07. The molecule has 0 aliphatic carbocycles. The average Bonchev–Trinajstić information content (AvgIpc) is 2.24. The van der Waals surface area contributed by atoms with Gasteiger partial charge in [0.15, 0.2) is 0 Å². The highest BCUT2D eigenvalue weighted by Gasteiger charge is 2.09. The van der Waals surface area contributed by atoms with Crippen LogP contribution in [0.2, 0.25) is 0 Å². The lowest BCUT2D eigenvalue weighted by Gasteiger charge is -2.06. The SMILES string of the molecule is Cn1c(=O)n(C)c(=O)n(CCC=O)c1=O. The summed E-state index contributed by atoms with van der Waals surface area (Å²) in [6.45, 7) is -0.0108. The topological polar surface area (TPSA) is 83.1 Å². The van der Waals surface area contributed by atoms with E-state index in [4.69, 9.17) is 0 Å². The molecule has 7 heteroatoms. The number of carbonyl (C=O) groups is 1. The van der Waals surface area contributed by atoms with E-state index in [-0.39, 0.29) is 13.0 Å².